The van der Waals surface area contributed by atoms with Crippen LogP contribution >= 0.6 is 0 Å². The van der Waals surface area contributed by atoms with Crippen molar-refractivity contribution in [1.29, 1.82) is 0 Å². The SMILES string of the molecule is O=C(NCCCNC(=O)C(F)(F)F)c1ccc(C(F)(F)F)cc1. The van der Waals surface area contributed by atoms with E-state index in [1.165, 1.54) is 0 Å². The first-order valence-electron chi connectivity index (χ1n) is 6.32. The zero-order chi connectivity index (χ0) is 17.7. The van der Waals surface area contributed by atoms with Crippen LogP contribution < -0.4 is 10.6 Å². The van der Waals surface area contributed by atoms with Gasteiger partial charge in [-0.1, -0.05) is 0 Å². The number of halogens is 6. The molecule has 0 atom stereocenters. The number of carbonyl (C=O) groups excluding carboxylic acids is 2. The van der Waals surface area contributed by atoms with Gasteiger partial charge in [0.05, 0.1) is 5.56 Å². The number of nitrogens with one attached hydrogen (secondary N) is 2. The van der Waals surface area contributed by atoms with Crippen molar-refractivity contribution in [2.24, 2.45) is 0 Å². The fourth-order valence-electron chi connectivity index (χ4n) is 1.51. The summed E-state index contributed by atoms with van der Waals surface area (Å²) in [5, 5.41) is 3.94. The van der Waals surface area contributed by atoms with Crippen LogP contribution in [0, 0.1) is 0 Å². The van der Waals surface area contributed by atoms with Gasteiger partial charge in [0.25, 0.3) is 5.91 Å². The number of hydrogen-bond donors (Lipinski definition) is 2. The van der Waals surface area contributed by atoms with Gasteiger partial charge in [-0.3, -0.25) is 9.59 Å². The molecule has 0 saturated carbocycles. The molecule has 1 aromatic rings. The van der Waals surface area contributed by atoms with Gasteiger partial charge in [0, 0.05) is 18.7 Å². The van der Waals surface area contributed by atoms with Crippen molar-refractivity contribution in [3.63, 3.8) is 0 Å². The summed E-state index contributed by atoms with van der Waals surface area (Å²) in [6.45, 7) is -0.344. The number of hydrogen-bond acceptors (Lipinski definition) is 2. The summed E-state index contributed by atoms with van der Waals surface area (Å²) in [6.07, 6.45) is -9.44. The van der Waals surface area contributed by atoms with E-state index in [9.17, 15) is 35.9 Å². The second-order valence-corrected chi connectivity index (χ2v) is 4.44. The van der Waals surface area contributed by atoms with Crippen molar-refractivity contribution < 1.29 is 35.9 Å². The van der Waals surface area contributed by atoms with E-state index in [1.54, 1.807) is 5.32 Å². The average molecular weight is 342 g/mol. The van der Waals surface area contributed by atoms with Crippen LogP contribution in [0.3, 0.4) is 0 Å². The molecule has 1 aromatic carbocycles. The molecule has 0 aromatic heterocycles. The molecule has 2 N–H and O–H groups in total. The Morgan fingerprint density at radius 2 is 1.39 bits per heavy atom. The molecule has 2 amide bonds. The molecule has 4 nitrogen and oxygen atoms in total. The van der Waals surface area contributed by atoms with Gasteiger partial charge in [0.15, 0.2) is 0 Å². The fraction of sp³-hybridized carbons (Fsp3) is 0.385. The molecular formula is C13H12F6N2O2. The highest BCUT2D eigenvalue weighted by Gasteiger charge is 2.38. The second-order valence-electron chi connectivity index (χ2n) is 4.44. The largest absolute Gasteiger partial charge is 0.471 e. The minimum absolute atomic E-state index is 0.0164. The monoisotopic (exact) mass is 342 g/mol. The molecule has 0 fully saturated rings. The van der Waals surface area contributed by atoms with E-state index in [2.05, 4.69) is 5.32 Å². The number of carbonyl (C=O) groups is 2. The molecule has 0 aliphatic carbocycles. The van der Waals surface area contributed by atoms with Crippen LogP contribution in [-0.4, -0.2) is 31.1 Å². The standard InChI is InChI=1S/C13H12F6N2O2/c14-12(15,16)9-4-2-8(3-5-9)10(22)20-6-1-7-21-11(23)13(17,18)19/h2-5H,1,6-7H2,(H,20,22)(H,21,23). The van der Waals surface area contributed by atoms with Crippen LogP contribution in [0.1, 0.15) is 22.3 Å². The van der Waals surface area contributed by atoms with Crippen LogP contribution in [0.25, 0.3) is 0 Å². The number of benzene rings is 1. The Morgan fingerprint density at radius 1 is 0.870 bits per heavy atom. The van der Waals surface area contributed by atoms with E-state index in [0.29, 0.717) is 0 Å². The maximum absolute atomic E-state index is 12.3. The number of amides is 2. The highest BCUT2D eigenvalue weighted by Crippen LogP contribution is 2.29. The van der Waals surface area contributed by atoms with Gasteiger partial charge in [0.1, 0.15) is 0 Å². The van der Waals surface area contributed by atoms with Gasteiger partial charge in [-0.05, 0) is 30.7 Å². The van der Waals surface area contributed by atoms with Crippen LogP contribution in [0.4, 0.5) is 26.3 Å². The maximum atomic E-state index is 12.3. The number of alkyl halides is 6. The quantitative estimate of drug-likeness (QED) is 0.638. The fourth-order valence-corrected chi connectivity index (χ4v) is 1.51. The summed E-state index contributed by atoms with van der Waals surface area (Å²) in [5.74, 6) is -2.74. The van der Waals surface area contributed by atoms with Gasteiger partial charge in [-0.2, -0.15) is 26.3 Å². The Kier molecular flexibility index (Phi) is 5.99. The zero-order valence-corrected chi connectivity index (χ0v) is 11.5. The third-order valence-electron chi connectivity index (χ3n) is 2.66. The minimum Gasteiger partial charge on any atom is -0.352 e. The third kappa shape index (κ3) is 6.17. The highest BCUT2D eigenvalue weighted by molar-refractivity contribution is 5.94. The van der Waals surface area contributed by atoms with Crippen molar-refractivity contribution in [2.75, 3.05) is 13.1 Å². The Labute approximate surface area is 126 Å². The Bertz CT molecular complexity index is 551. The molecule has 128 valence electrons. The summed E-state index contributed by atoms with van der Waals surface area (Å²) in [7, 11) is 0. The molecule has 1 rings (SSSR count). The Hall–Kier alpha value is -2.26. The lowest BCUT2D eigenvalue weighted by Crippen LogP contribution is -2.38. The van der Waals surface area contributed by atoms with Gasteiger partial charge >= 0.3 is 18.3 Å². The number of rotatable bonds is 5. The first-order valence-corrected chi connectivity index (χ1v) is 6.32. The van der Waals surface area contributed by atoms with E-state index in [-0.39, 0.29) is 25.1 Å². The topological polar surface area (TPSA) is 58.2 Å². The molecule has 0 heterocycles. The van der Waals surface area contributed by atoms with Gasteiger partial charge < -0.3 is 10.6 Å². The van der Waals surface area contributed by atoms with Gasteiger partial charge in [-0.25, -0.2) is 0 Å². The van der Waals surface area contributed by atoms with E-state index in [4.69, 9.17) is 0 Å². The first-order chi connectivity index (χ1) is 10.5. The second kappa shape index (κ2) is 7.34. The lowest BCUT2D eigenvalue weighted by molar-refractivity contribution is -0.173. The Balaban J connectivity index is 2.36. The summed E-state index contributed by atoms with van der Waals surface area (Å²) in [4.78, 5) is 22.1. The summed E-state index contributed by atoms with van der Waals surface area (Å²) in [5.41, 5.74) is -0.916. The van der Waals surface area contributed by atoms with Crippen molar-refractivity contribution in [3.8, 4) is 0 Å². The summed E-state index contributed by atoms with van der Waals surface area (Å²) < 4.78 is 72.6. The molecule has 10 heteroatoms. The predicted octanol–water partition coefficient (Wildman–Crippen LogP) is 2.50. The Morgan fingerprint density at radius 3 is 1.87 bits per heavy atom. The van der Waals surface area contributed by atoms with Crippen molar-refractivity contribution >= 4 is 11.8 Å². The summed E-state index contributed by atoms with van der Waals surface area (Å²) in [6, 6.07) is 3.48. The molecule has 0 bridgehead atoms. The minimum atomic E-state index is -4.97. The van der Waals surface area contributed by atoms with Gasteiger partial charge in [-0.15, -0.1) is 0 Å². The van der Waals surface area contributed by atoms with Crippen LogP contribution in [0.5, 0.6) is 0 Å². The lowest BCUT2D eigenvalue weighted by Gasteiger charge is -2.09. The molecular weight excluding hydrogens is 330 g/mol. The third-order valence-corrected chi connectivity index (χ3v) is 2.66. The van der Waals surface area contributed by atoms with Gasteiger partial charge in [0.2, 0.25) is 0 Å². The van der Waals surface area contributed by atoms with E-state index < -0.39 is 29.7 Å². The molecule has 23 heavy (non-hydrogen) atoms. The maximum Gasteiger partial charge on any atom is 0.471 e. The molecule has 0 spiro atoms. The molecule has 0 radical (unpaired) electrons. The van der Waals surface area contributed by atoms with Crippen LogP contribution in [-0.2, 0) is 11.0 Å². The highest BCUT2D eigenvalue weighted by atomic mass is 19.4. The smallest absolute Gasteiger partial charge is 0.352 e. The van der Waals surface area contributed by atoms with E-state index in [1.807, 2.05) is 0 Å². The molecule has 0 saturated heterocycles. The predicted molar refractivity (Wildman–Crippen MR) is 67.5 cm³/mol. The lowest BCUT2D eigenvalue weighted by atomic mass is 10.1. The van der Waals surface area contributed by atoms with Crippen LogP contribution in [0.2, 0.25) is 0 Å². The van der Waals surface area contributed by atoms with Crippen molar-refractivity contribution in [3.05, 3.63) is 35.4 Å². The van der Waals surface area contributed by atoms with E-state index in [0.717, 1.165) is 24.3 Å². The normalized spacial score (nSPS) is 11.9. The summed E-state index contributed by atoms with van der Waals surface area (Å²) >= 11 is 0. The average Bonchev–Trinajstić information content (AvgIpc) is 2.44. The van der Waals surface area contributed by atoms with Crippen molar-refractivity contribution in [2.45, 2.75) is 18.8 Å². The molecule has 0 aliphatic heterocycles. The van der Waals surface area contributed by atoms with Crippen LogP contribution in [0.15, 0.2) is 24.3 Å². The van der Waals surface area contributed by atoms with E-state index >= 15 is 0 Å². The first kappa shape index (κ1) is 18.8. The molecule has 0 aliphatic rings. The zero-order valence-electron chi connectivity index (χ0n) is 11.5. The van der Waals surface area contributed by atoms with Crippen molar-refractivity contribution in [1.82, 2.24) is 10.6 Å². The molecule has 0 unspecified atom stereocenters.